The second-order valence-electron chi connectivity index (χ2n) is 13.2. The molecule has 0 amide bonds. The summed E-state index contributed by atoms with van der Waals surface area (Å²) in [6, 6.07) is 11.0. The maximum atomic E-state index is 12.8. The molecule has 41 heavy (non-hydrogen) atoms. The third-order valence-corrected chi connectivity index (χ3v) is 10.5. The smallest absolute Gasteiger partial charge is 0.0995 e. The number of hydrogen-bond acceptors (Lipinski definition) is 4. The van der Waals surface area contributed by atoms with Crippen LogP contribution in [0.3, 0.4) is 0 Å². The molecule has 3 aromatic rings. The second kappa shape index (κ2) is 11.2. The van der Waals surface area contributed by atoms with Crippen molar-refractivity contribution in [2.75, 3.05) is 19.6 Å². The summed E-state index contributed by atoms with van der Waals surface area (Å²) in [4.78, 5) is 11.5. The summed E-state index contributed by atoms with van der Waals surface area (Å²) in [5.41, 5.74) is 3.58. The lowest BCUT2D eigenvalue weighted by Crippen LogP contribution is -2.64. The summed E-state index contributed by atoms with van der Waals surface area (Å²) >= 11 is 0. The van der Waals surface area contributed by atoms with Crippen molar-refractivity contribution in [3.63, 3.8) is 0 Å². The zero-order valence-corrected chi connectivity index (χ0v) is 24.6. The Morgan fingerprint density at radius 2 is 2.00 bits per heavy atom. The molecule has 5 heterocycles. The number of benzene rings is 1. The number of H-pyrrole nitrogens is 1. The molecule has 0 radical (unpaired) electrons. The van der Waals surface area contributed by atoms with E-state index in [4.69, 9.17) is 4.98 Å². The van der Waals surface area contributed by atoms with Crippen molar-refractivity contribution in [2.45, 2.75) is 88.8 Å². The Bertz CT molecular complexity index is 1490. The van der Waals surface area contributed by atoms with Crippen molar-refractivity contribution >= 4 is 27.4 Å². The van der Waals surface area contributed by atoms with E-state index in [2.05, 4.69) is 82.8 Å². The lowest BCUT2D eigenvalue weighted by molar-refractivity contribution is -0.0545. The number of unbranched alkanes of at least 4 members (excludes halogenated alkanes) is 2. The summed E-state index contributed by atoms with van der Waals surface area (Å²) in [7, 11) is 0. The minimum absolute atomic E-state index is 0.0310. The first-order chi connectivity index (χ1) is 20.1. The number of hydrogen-bond donors (Lipinski definition) is 3. The molecule has 2 saturated heterocycles. The van der Waals surface area contributed by atoms with E-state index in [1.165, 1.54) is 42.0 Å². The molecule has 3 bridgehead atoms. The predicted octanol–water partition coefficient (Wildman–Crippen LogP) is 7.15. The van der Waals surface area contributed by atoms with Gasteiger partial charge < -0.3 is 20.3 Å². The Labute approximate surface area is 244 Å². The van der Waals surface area contributed by atoms with E-state index in [0.717, 1.165) is 74.9 Å². The minimum Gasteiger partial charge on any atom is -0.384 e. The van der Waals surface area contributed by atoms with Gasteiger partial charge in [-0.1, -0.05) is 62.3 Å². The highest BCUT2D eigenvalue weighted by atomic mass is 16.3. The van der Waals surface area contributed by atoms with Gasteiger partial charge in [-0.25, -0.2) is 0 Å². The van der Waals surface area contributed by atoms with Gasteiger partial charge in [0, 0.05) is 46.5 Å². The fourth-order valence-corrected chi connectivity index (χ4v) is 8.72. The number of fused-ring (bicyclic) bond motifs is 4. The summed E-state index contributed by atoms with van der Waals surface area (Å²) in [6.45, 7) is 5.57. The van der Waals surface area contributed by atoms with E-state index in [0.29, 0.717) is 12.0 Å². The molecule has 5 nitrogen and oxygen atoms in total. The first kappa shape index (κ1) is 27.1. The Morgan fingerprint density at radius 3 is 2.93 bits per heavy atom. The van der Waals surface area contributed by atoms with Crippen molar-refractivity contribution in [2.24, 2.45) is 11.3 Å². The van der Waals surface area contributed by atoms with Crippen LogP contribution in [0.15, 0.2) is 66.9 Å². The zero-order chi connectivity index (χ0) is 27.9. The maximum Gasteiger partial charge on any atom is 0.0995 e. The molecule has 1 spiro atoms. The normalized spacial score (nSPS) is 34.0. The van der Waals surface area contributed by atoms with Crippen molar-refractivity contribution in [1.82, 2.24) is 20.2 Å². The molecule has 6 atom stereocenters. The molecular formula is C36H46N4O. The van der Waals surface area contributed by atoms with Gasteiger partial charge in [0.25, 0.3) is 0 Å². The molecular weight excluding hydrogens is 504 g/mol. The highest BCUT2D eigenvalue weighted by Crippen LogP contribution is 2.58. The van der Waals surface area contributed by atoms with Gasteiger partial charge in [0.15, 0.2) is 0 Å². The van der Waals surface area contributed by atoms with E-state index < -0.39 is 5.60 Å². The molecule has 1 aliphatic carbocycles. The van der Waals surface area contributed by atoms with Crippen LogP contribution in [0.25, 0.3) is 27.4 Å². The Hall–Kier alpha value is -2.73. The lowest BCUT2D eigenvalue weighted by atomic mass is 9.55. The highest BCUT2D eigenvalue weighted by Gasteiger charge is 2.63. The zero-order valence-electron chi connectivity index (χ0n) is 24.6. The average molecular weight is 551 g/mol. The van der Waals surface area contributed by atoms with Gasteiger partial charge in [-0.3, -0.25) is 4.98 Å². The summed E-state index contributed by atoms with van der Waals surface area (Å²) in [5, 5.41) is 19.3. The summed E-state index contributed by atoms with van der Waals surface area (Å²) in [5.74, 6) is 0.357. The molecule has 2 unspecified atom stereocenters. The van der Waals surface area contributed by atoms with Crippen LogP contribution in [0.5, 0.6) is 0 Å². The minimum atomic E-state index is -0.935. The summed E-state index contributed by atoms with van der Waals surface area (Å²) < 4.78 is 0. The standard InChI is InChI=1S/C36H46N4O/c1-2-3-4-9-14-26-23-35-25-40-21-13-8-6-5-7-12-19-36(41,34(35)38-26)24-29(30(35)18-22-40)32-33-28(17-20-37-32)27-15-10-11-16-31(27)39-33/h5,7,9-11,14-17,20,24,26,30,34,38-39,41H,2-4,6,8,12-13,18-19,21-23,25H2,1H3/t26?,30-,34+,35-,36-/m0/s1. The molecule has 2 aromatic heterocycles. The van der Waals surface area contributed by atoms with Crippen LogP contribution < -0.4 is 5.32 Å². The topological polar surface area (TPSA) is 64.2 Å². The SMILES string of the molecule is CCCCC=CC1C[C@]23CN4CCCCC=CCC[C@](O)(C=C(c5nccc6c5[nH]c5ccccc56)[C@@H]2CC4)[C@@H]3N1. The Morgan fingerprint density at radius 1 is 1.10 bits per heavy atom. The quantitative estimate of drug-likeness (QED) is 0.233. The number of piperidine rings is 1. The van der Waals surface area contributed by atoms with Crippen molar-refractivity contribution in [3.8, 4) is 0 Å². The Kier molecular flexibility index (Phi) is 7.39. The Balaban J connectivity index is 1.37. The lowest BCUT2D eigenvalue weighted by Gasteiger charge is -2.56. The van der Waals surface area contributed by atoms with Gasteiger partial charge in [0.2, 0.25) is 0 Å². The number of rotatable bonds is 5. The van der Waals surface area contributed by atoms with Gasteiger partial charge >= 0.3 is 0 Å². The number of nitrogens with one attached hydrogen (secondary N) is 2. The number of aromatic nitrogens is 2. The van der Waals surface area contributed by atoms with Crippen molar-refractivity contribution < 1.29 is 5.11 Å². The predicted molar refractivity (Wildman–Crippen MR) is 170 cm³/mol. The number of aliphatic hydroxyl groups is 1. The van der Waals surface area contributed by atoms with Crippen LogP contribution in [-0.2, 0) is 0 Å². The molecule has 5 heteroatoms. The fraction of sp³-hybridized carbons (Fsp3) is 0.528. The molecule has 3 aliphatic heterocycles. The van der Waals surface area contributed by atoms with Crippen LogP contribution in [0.1, 0.15) is 76.8 Å². The van der Waals surface area contributed by atoms with Gasteiger partial charge in [0.05, 0.1) is 16.8 Å². The molecule has 1 aromatic carbocycles. The van der Waals surface area contributed by atoms with Crippen LogP contribution in [0.2, 0.25) is 0 Å². The van der Waals surface area contributed by atoms with Gasteiger partial charge in [-0.15, -0.1) is 0 Å². The largest absolute Gasteiger partial charge is 0.384 e. The van der Waals surface area contributed by atoms with Crippen LogP contribution in [-0.4, -0.2) is 57.3 Å². The molecule has 4 aliphatic rings. The first-order valence-electron chi connectivity index (χ1n) is 16.2. The first-order valence-corrected chi connectivity index (χ1v) is 16.2. The number of aromatic amines is 1. The van der Waals surface area contributed by atoms with Gasteiger partial charge in [0.1, 0.15) is 0 Å². The van der Waals surface area contributed by atoms with Crippen LogP contribution in [0, 0.1) is 11.3 Å². The van der Waals surface area contributed by atoms with E-state index in [1.54, 1.807) is 0 Å². The van der Waals surface area contributed by atoms with E-state index in [9.17, 15) is 5.11 Å². The van der Waals surface area contributed by atoms with Gasteiger partial charge in [-0.05, 0) is 94.2 Å². The average Bonchev–Trinajstić information content (AvgIpc) is 3.55. The molecule has 7 rings (SSSR count). The number of para-hydroxylation sites is 1. The van der Waals surface area contributed by atoms with Crippen LogP contribution >= 0.6 is 0 Å². The number of pyridine rings is 1. The number of nitrogens with zero attached hydrogens (tertiary/aromatic N) is 2. The van der Waals surface area contributed by atoms with E-state index in [1.807, 2.05) is 6.20 Å². The number of allylic oxidation sites excluding steroid dienone is 4. The van der Waals surface area contributed by atoms with E-state index >= 15 is 0 Å². The summed E-state index contributed by atoms with van der Waals surface area (Å²) in [6.07, 6.45) is 24.7. The maximum absolute atomic E-state index is 12.8. The van der Waals surface area contributed by atoms with E-state index in [-0.39, 0.29) is 11.5 Å². The third kappa shape index (κ3) is 4.80. The molecule has 2 fully saturated rings. The monoisotopic (exact) mass is 550 g/mol. The molecule has 3 N–H and O–H groups in total. The molecule has 216 valence electrons. The second-order valence-corrected chi connectivity index (χ2v) is 13.2. The molecule has 0 saturated carbocycles. The third-order valence-electron chi connectivity index (χ3n) is 10.5. The van der Waals surface area contributed by atoms with Crippen LogP contribution in [0.4, 0.5) is 0 Å². The van der Waals surface area contributed by atoms with Gasteiger partial charge in [-0.2, -0.15) is 0 Å². The van der Waals surface area contributed by atoms with Crippen molar-refractivity contribution in [1.29, 1.82) is 0 Å². The van der Waals surface area contributed by atoms with Crippen molar-refractivity contribution in [3.05, 3.63) is 72.6 Å². The fourth-order valence-electron chi connectivity index (χ4n) is 8.72. The highest BCUT2D eigenvalue weighted by molar-refractivity contribution is 6.09.